The third-order valence-corrected chi connectivity index (χ3v) is 2.13. The second-order valence-electron chi connectivity index (χ2n) is 3.19. The predicted molar refractivity (Wildman–Crippen MR) is 63.2 cm³/mol. The van der Waals surface area contributed by atoms with Crippen molar-refractivity contribution in [3.05, 3.63) is 35.9 Å². The molecule has 0 saturated heterocycles. The lowest BCUT2D eigenvalue weighted by atomic mass is 10.1. The summed E-state index contributed by atoms with van der Waals surface area (Å²) in [6.45, 7) is 0. The highest BCUT2D eigenvalue weighted by molar-refractivity contribution is 5.85. The lowest BCUT2D eigenvalue weighted by molar-refractivity contribution is -0.115. The fourth-order valence-corrected chi connectivity index (χ4v) is 1.43. The van der Waals surface area contributed by atoms with Crippen molar-refractivity contribution in [2.45, 2.75) is 18.8 Å². The Balaban J connectivity index is 0.00000196. The highest BCUT2D eigenvalue weighted by atomic mass is 35.5. The quantitative estimate of drug-likeness (QED) is 0.783. The van der Waals surface area contributed by atoms with Gasteiger partial charge >= 0.3 is 0 Å². The molecule has 0 aromatic heterocycles. The topological polar surface area (TPSA) is 44.5 Å². The van der Waals surface area contributed by atoms with Gasteiger partial charge in [0.2, 0.25) is 0 Å². The average molecular weight is 232 g/mol. The predicted octanol–water partition coefficient (Wildman–Crippen LogP) is 1.60. The number of methoxy groups -OCH3 is 2. The van der Waals surface area contributed by atoms with Crippen molar-refractivity contribution in [3.63, 3.8) is 0 Å². The van der Waals surface area contributed by atoms with Gasteiger partial charge in [-0.15, -0.1) is 12.4 Å². The van der Waals surface area contributed by atoms with Gasteiger partial charge in [0.05, 0.1) is 6.04 Å². The zero-order chi connectivity index (χ0) is 10.4. The third kappa shape index (κ3) is 4.62. The zero-order valence-corrected chi connectivity index (χ0v) is 9.87. The minimum Gasteiger partial charge on any atom is -0.354 e. The number of ether oxygens (including phenoxy) is 2. The van der Waals surface area contributed by atoms with E-state index in [0.717, 1.165) is 6.42 Å². The van der Waals surface area contributed by atoms with Gasteiger partial charge in [0.1, 0.15) is 0 Å². The Labute approximate surface area is 97.0 Å². The lowest BCUT2D eigenvalue weighted by Gasteiger charge is -2.20. The van der Waals surface area contributed by atoms with Crippen LogP contribution in [0.2, 0.25) is 0 Å². The number of benzene rings is 1. The normalized spacial score (nSPS) is 12.3. The van der Waals surface area contributed by atoms with Crippen molar-refractivity contribution in [1.29, 1.82) is 0 Å². The van der Waals surface area contributed by atoms with E-state index < -0.39 is 0 Å². The fraction of sp³-hybridized carbons (Fsp3) is 0.455. The zero-order valence-electron chi connectivity index (χ0n) is 9.05. The average Bonchev–Trinajstić information content (AvgIpc) is 2.21. The first-order chi connectivity index (χ1) is 6.77. The molecule has 0 aliphatic heterocycles. The van der Waals surface area contributed by atoms with E-state index in [0.29, 0.717) is 0 Å². The van der Waals surface area contributed by atoms with Crippen molar-refractivity contribution in [2.75, 3.05) is 14.2 Å². The van der Waals surface area contributed by atoms with E-state index in [1.165, 1.54) is 5.56 Å². The van der Waals surface area contributed by atoms with E-state index in [1.807, 2.05) is 30.3 Å². The molecule has 0 heterocycles. The van der Waals surface area contributed by atoms with E-state index in [4.69, 9.17) is 15.2 Å². The van der Waals surface area contributed by atoms with Crippen molar-refractivity contribution < 1.29 is 9.47 Å². The first kappa shape index (κ1) is 14.4. The molecule has 86 valence electrons. The maximum Gasteiger partial charge on any atom is 0.172 e. The highest BCUT2D eigenvalue weighted by Gasteiger charge is 2.16. The molecule has 1 rings (SSSR count). The van der Waals surface area contributed by atoms with E-state index in [-0.39, 0.29) is 24.7 Å². The Morgan fingerprint density at radius 1 is 1.13 bits per heavy atom. The molecule has 0 bridgehead atoms. The Morgan fingerprint density at radius 3 is 2.13 bits per heavy atom. The fourth-order valence-electron chi connectivity index (χ4n) is 1.43. The molecular weight excluding hydrogens is 214 g/mol. The second-order valence-corrected chi connectivity index (χ2v) is 3.19. The highest BCUT2D eigenvalue weighted by Crippen LogP contribution is 2.06. The van der Waals surface area contributed by atoms with Crippen LogP contribution in [0.5, 0.6) is 0 Å². The molecule has 1 unspecified atom stereocenters. The maximum atomic E-state index is 5.92. The number of hydrogen-bond donors (Lipinski definition) is 1. The standard InChI is InChI=1S/C11H17NO2.ClH/c1-13-11(14-2)10(12)8-9-6-4-3-5-7-9;/h3-7,10-11H,8,12H2,1-2H3;1H. The molecule has 0 saturated carbocycles. The van der Waals surface area contributed by atoms with Gasteiger partial charge in [0.15, 0.2) is 6.29 Å². The van der Waals surface area contributed by atoms with Crippen molar-refractivity contribution >= 4 is 12.4 Å². The van der Waals surface area contributed by atoms with Crippen LogP contribution in [-0.2, 0) is 15.9 Å². The SMILES string of the molecule is COC(OC)C(N)Cc1ccccc1.Cl. The largest absolute Gasteiger partial charge is 0.354 e. The van der Waals surface area contributed by atoms with E-state index in [2.05, 4.69) is 0 Å². The van der Waals surface area contributed by atoms with Crippen LogP contribution in [0.4, 0.5) is 0 Å². The van der Waals surface area contributed by atoms with E-state index in [9.17, 15) is 0 Å². The van der Waals surface area contributed by atoms with E-state index in [1.54, 1.807) is 14.2 Å². The van der Waals surface area contributed by atoms with Gasteiger partial charge in [-0.3, -0.25) is 0 Å². The summed E-state index contributed by atoms with van der Waals surface area (Å²) in [5.74, 6) is 0. The van der Waals surface area contributed by atoms with E-state index >= 15 is 0 Å². The molecule has 0 aliphatic rings. The molecule has 0 amide bonds. The lowest BCUT2D eigenvalue weighted by Crippen LogP contribution is -2.39. The summed E-state index contributed by atoms with van der Waals surface area (Å²) >= 11 is 0. The Morgan fingerprint density at radius 2 is 1.67 bits per heavy atom. The Kier molecular flexibility index (Phi) is 7.34. The molecular formula is C11H18ClNO2. The summed E-state index contributed by atoms with van der Waals surface area (Å²) in [4.78, 5) is 0. The van der Waals surface area contributed by atoms with Crippen LogP contribution in [-0.4, -0.2) is 26.6 Å². The minimum absolute atomic E-state index is 0. The third-order valence-electron chi connectivity index (χ3n) is 2.13. The molecule has 3 nitrogen and oxygen atoms in total. The van der Waals surface area contributed by atoms with Crippen molar-refractivity contribution in [1.82, 2.24) is 0 Å². The number of hydrogen-bond acceptors (Lipinski definition) is 3. The van der Waals surface area contributed by atoms with Crippen LogP contribution in [0.25, 0.3) is 0 Å². The van der Waals surface area contributed by atoms with Crippen LogP contribution in [0.1, 0.15) is 5.56 Å². The second kappa shape index (κ2) is 7.65. The molecule has 1 aromatic carbocycles. The molecule has 2 N–H and O–H groups in total. The van der Waals surface area contributed by atoms with Crippen molar-refractivity contribution in [2.24, 2.45) is 5.73 Å². The van der Waals surface area contributed by atoms with Crippen LogP contribution in [0.3, 0.4) is 0 Å². The molecule has 4 heteroatoms. The van der Waals surface area contributed by atoms with Gasteiger partial charge in [-0.05, 0) is 12.0 Å². The summed E-state index contributed by atoms with van der Waals surface area (Å²) in [6, 6.07) is 9.93. The van der Waals surface area contributed by atoms with Crippen LogP contribution < -0.4 is 5.73 Å². The van der Waals surface area contributed by atoms with Crippen LogP contribution in [0.15, 0.2) is 30.3 Å². The Hall–Kier alpha value is -0.610. The molecule has 1 aromatic rings. The van der Waals surface area contributed by atoms with Crippen molar-refractivity contribution in [3.8, 4) is 0 Å². The number of nitrogens with two attached hydrogens (primary N) is 1. The van der Waals surface area contributed by atoms with Crippen LogP contribution in [0, 0.1) is 0 Å². The van der Waals surface area contributed by atoms with Gasteiger partial charge < -0.3 is 15.2 Å². The van der Waals surface area contributed by atoms with Gasteiger partial charge in [-0.1, -0.05) is 30.3 Å². The minimum atomic E-state index is -0.338. The Bertz CT molecular complexity index is 252. The first-order valence-corrected chi connectivity index (χ1v) is 4.63. The number of rotatable bonds is 5. The maximum absolute atomic E-state index is 5.92. The van der Waals surface area contributed by atoms with Crippen LogP contribution >= 0.6 is 12.4 Å². The summed E-state index contributed by atoms with van der Waals surface area (Å²) in [7, 11) is 3.19. The van der Waals surface area contributed by atoms with Gasteiger partial charge in [0, 0.05) is 14.2 Å². The summed E-state index contributed by atoms with van der Waals surface area (Å²) < 4.78 is 10.2. The molecule has 0 spiro atoms. The molecule has 15 heavy (non-hydrogen) atoms. The summed E-state index contributed by atoms with van der Waals surface area (Å²) in [5.41, 5.74) is 7.11. The molecule has 0 aliphatic carbocycles. The monoisotopic (exact) mass is 231 g/mol. The van der Waals surface area contributed by atoms with Gasteiger partial charge in [-0.2, -0.15) is 0 Å². The van der Waals surface area contributed by atoms with Gasteiger partial charge in [-0.25, -0.2) is 0 Å². The molecule has 0 fully saturated rings. The smallest absolute Gasteiger partial charge is 0.172 e. The van der Waals surface area contributed by atoms with Gasteiger partial charge in [0.25, 0.3) is 0 Å². The summed E-state index contributed by atoms with van der Waals surface area (Å²) in [5, 5.41) is 0. The molecule has 0 radical (unpaired) electrons. The number of halogens is 1. The summed E-state index contributed by atoms with van der Waals surface area (Å²) in [6.07, 6.45) is 0.419. The molecule has 1 atom stereocenters. The first-order valence-electron chi connectivity index (χ1n) is 4.63.